The normalized spacial score (nSPS) is 19.0. The Morgan fingerprint density at radius 2 is 1.85 bits per heavy atom. The zero-order valence-electron chi connectivity index (χ0n) is 16.6. The van der Waals surface area contributed by atoms with Crippen LogP contribution in [0.4, 0.5) is 11.8 Å². The zero-order chi connectivity index (χ0) is 18.9. The first-order valence-electron chi connectivity index (χ1n) is 10.4. The summed E-state index contributed by atoms with van der Waals surface area (Å²) in [5.41, 5.74) is 11.4. The van der Waals surface area contributed by atoms with Crippen molar-refractivity contribution in [1.29, 1.82) is 0 Å². The van der Waals surface area contributed by atoms with E-state index in [0.29, 0.717) is 11.4 Å². The number of hydrogen-bond acceptors (Lipinski definition) is 5. The molecule has 1 spiro atoms. The lowest BCUT2D eigenvalue weighted by Gasteiger charge is -2.34. The minimum absolute atomic E-state index is 0.384. The number of hydrogen-bond donors (Lipinski definition) is 2. The molecule has 1 aromatic heterocycles. The smallest absolute Gasteiger partial charge is 0.222 e. The van der Waals surface area contributed by atoms with Crippen molar-refractivity contribution in [2.45, 2.75) is 46.0 Å². The summed E-state index contributed by atoms with van der Waals surface area (Å²) >= 11 is 0. The lowest BCUT2D eigenvalue weighted by molar-refractivity contribution is 0.232. The molecule has 5 nitrogen and oxygen atoms in total. The Bertz CT molecular complexity index is 810. The van der Waals surface area contributed by atoms with Crippen LogP contribution in [0.1, 0.15) is 44.2 Å². The van der Waals surface area contributed by atoms with Crippen LogP contribution in [0, 0.1) is 5.41 Å². The molecule has 0 atom stereocenters. The summed E-state index contributed by atoms with van der Waals surface area (Å²) in [5.74, 6) is 1.44. The Hall–Kier alpha value is -2.14. The highest BCUT2D eigenvalue weighted by molar-refractivity contribution is 5.73. The van der Waals surface area contributed by atoms with E-state index in [0.717, 1.165) is 50.5 Å². The summed E-state index contributed by atoms with van der Waals surface area (Å²) in [5, 5.41) is 3.50. The first-order chi connectivity index (χ1) is 13.2. The maximum Gasteiger partial charge on any atom is 0.222 e. The fourth-order valence-corrected chi connectivity index (χ4v) is 4.84. The molecule has 0 radical (unpaired) electrons. The maximum absolute atomic E-state index is 6.19. The third kappa shape index (κ3) is 3.41. The largest absolute Gasteiger partial charge is 0.368 e. The van der Waals surface area contributed by atoms with E-state index in [9.17, 15) is 0 Å². The number of nitrogen functional groups attached to an aromatic ring is 1. The topological polar surface area (TPSA) is 67.1 Å². The average molecular weight is 366 g/mol. The number of anilines is 2. The van der Waals surface area contributed by atoms with Crippen molar-refractivity contribution < 1.29 is 0 Å². The third-order valence-electron chi connectivity index (χ3n) is 6.41. The Morgan fingerprint density at radius 3 is 2.59 bits per heavy atom. The standard InChI is InChI=1S/C22H31N5/c1-3-16-7-5-6-8-18(16)19-17(4-2)20(26-21(23)25-19)27-14-11-22(15-27)9-12-24-13-10-22/h5-8,24H,3-4,9-15H2,1-2H3,(H2,23,25,26). The molecular formula is C22H31N5. The quantitative estimate of drug-likeness (QED) is 0.869. The van der Waals surface area contributed by atoms with Gasteiger partial charge in [-0.3, -0.25) is 0 Å². The fraction of sp³-hybridized carbons (Fsp3) is 0.545. The van der Waals surface area contributed by atoms with Gasteiger partial charge >= 0.3 is 0 Å². The molecule has 0 bridgehead atoms. The summed E-state index contributed by atoms with van der Waals surface area (Å²) in [6.45, 7) is 8.82. The average Bonchev–Trinajstić information content (AvgIpc) is 3.11. The minimum atomic E-state index is 0.384. The maximum atomic E-state index is 6.19. The van der Waals surface area contributed by atoms with Gasteiger partial charge in [-0.15, -0.1) is 0 Å². The first kappa shape index (κ1) is 18.2. The van der Waals surface area contributed by atoms with Gasteiger partial charge in [0.05, 0.1) is 5.69 Å². The number of piperidine rings is 1. The molecule has 144 valence electrons. The predicted molar refractivity (Wildman–Crippen MR) is 112 cm³/mol. The summed E-state index contributed by atoms with van der Waals surface area (Å²) in [7, 11) is 0. The molecule has 2 aliphatic heterocycles. The molecule has 27 heavy (non-hydrogen) atoms. The second-order valence-corrected chi connectivity index (χ2v) is 8.02. The Morgan fingerprint density at radius 1 is 1.07 bits per heavy atom. The number of aromatic nitrogens is 2. The van der Waals surface area contributed by atoms with E-state index >= 15 is 0 Å². The van der Waals surface area contributed by atoms with Crippen molar-refractivity contribution >= 4 is 11.8 Å². The number of nitrogens with one attached hydrogen (secondary N) is 1. The molecule has 2 aliphatic rings. The van der Waals surface area contributed by atoms with Crippen molar-refractivity contribution in [3.63, 3.8) is 0 Å². The number of rotatable bonds is 4. The first-order valence-corrected chi connectivity index (χ1v) is 10.4. The molecule has 4 rings (SSSR count). The van der Waals surface area contributed by atoms with Crippen LogP contribution in [0.25, 0.3) is 11.3 Å². The van der Waals surface area contributed by atoms with Crippen LogP contribution < -0.4 is 16.0 Å². The molecule has 1 aromatic carbocycles. The van der Waals surface area contributed by atoms with E-state index in [2.05, 4.69) is 53.3 Å². The van der Waals surface area contributed by atoms with Gasteiger partial charge in [-0.2, -0.15) is 4.98 Å². The van der Waals surface area contributed by atoms with E-state index < -0.39 is 0 Å². The highest BCUT2D eigenvalue weighted by Gasteiger charge is 2.40. The fourth-order valence-electron chi connectivity index (χ4n) is 4.84. The lowest BCUT2D eigenvalue weighted by Crippen LogP contribution is -2.39. The van der Waals surface area contributed by atoms with E-state index in [1.54, 1.807) is 0 Å². The SMILES string of the molecule is CCc1ccccc1-c1nc(N)nc(N2CCC3(CCNCC3)C2)c1CC. The van der Waals surface area contributed by atoms with E-state index in [1.807, 2.05) is 0 Å². The van der Waals surface area contributed by atoms with Gasteiger partial charge in [-0.1, -0.05) is 38.1 Å². The van der Waals surface area contributed by atoms with E-state index in [1.165, 1.54) is 36.0 Å². The Balaban J connectivity index is 1.75. The molecular weight excluding hydrogens is 334 g/mol. The molecule has 3 heterocycles. The van der Waals surface area contributed by atoms with Gasteiger partial charge in [0.25, 0.3) is 0 Å². The van der Waals surface area contributed by atoms with E-state index in [-0.39, 0.29) is 0 Å². The number of aryl methyl sites for hydroxylation is 1. The summed E-state index contributed by atoms with van der Waals surface area (Å²) < 4.78 is 0. The molecule has 3 N–H and O–H groups in total. The van der Waals surface area contributed by atoms with Gasteiger partial charge < -0.3 is 16.0 Å². The summed E-state index contributed by atoms with van der Waals surface area (Å²) in [6, 6.07) is 8.54. The highest BCUT2D eigenvalue weighted by atomic mass is 15.2. The molecule has 0 amide bonds. The van der Waals surface area contributed by atoms with Crippen molar-refractivity contribution in [3.05, 3.63) is 35.4 Å². The highest BCUT2D eigenvalue weighted by Crippen LogP contribution is 2.42. The second kappa shape index (κ2) is 7.47. The predicted octanol–water partition coefficient (Wildman–Crippen LogP) is 3.43. The number of nitrogens with two attached hydrogens (primary N) is 1. The molecule has 2 saturated heterocycles. The van der Waals surface area contributed by atoms with Gasteiger partial charge in [0.2, 0.25) is 5.95 Å². The molecule has 0 unspecified atom stereocenters. The monoisotopic (exact) mass is 365 g/mol. The van der Waals surface area contributed by atoms with Crippen molar-refractivity contribution in [1.82, 2.24) is 15.3 Å². The van der Waals surface area contributed by atoms with Gasteiger partial charge in [0.1, 0.15) is 5.82 Å². The van der Waals surface area contributed by atoms with Gasteiger partial charge in [0.15, 0.2) is 0 Å². The van der Waals surface area contributed by atoms with Crippen LogP contribution in [-0.4, -0.2) is 36.1 Å². The number of benzene rings is 1. The van der Waals surface area contributed by atoms with Gasteiger partial charge in [-0.25, -0.2) is 4.98 Å². The van der Waals surface area contributed by atoms with Crippen molar-refractivity contribution in [2.24, 2.45) is 5.41 Å². The van der Waals surface area contributed by atoms with Crippen molar-refractivity contribution in [3.8, 4) is 11.3 Å². The van der Waals surface area contributed by atoms with Crippen LogP contribution in [0.15, 0.2) is 24.3 Å². The summed E-state index contributed by atoms with van der Waals surface area (Å²) in [6.07, 6.45) is 5.67. The van der Waals surface area contributed by atoms with Crippen LogP contribution in [-0.2, 0) is 12.8 Å². The van der Waals surface area contributed by atoms with Crippen LogP contribution in [0.5, 0.6) is 0 Å². The lowest BCUT2D eigenvalue weighted by atomic mass is 9.78. The van der Waals surface area contributed by atoms with Crippen LogP contribution in [0.3, 0.4) is 0 Å². The minimum Gasteiger partial charge on any atom is -0.368 e. The summed E-state index contributed by atoms with van der Waals surface area (Å²) in [4.78, 5) is 11.9. The molecule has 2 fully saturated rings. The van der Waals surface area contributed by atoms with Crippen molar-refractivity contribution in [2.75, 3.05) is 36.8 Å². The molecule has 5 heteroatoms. The molecule has 0 saturated carbocycles. The molecule has 0 aliphatic carbocycles. The number of nitrogens with zero attached hydrogens (tertiary/aromatic N) is 3. The van der Waals surface area contributed by atoms with Crippen LogP contribution in [0.2, 0.25) is 0 Å². The van der Waals surface area contributed by atoms with Gasteiger partial charge in [0, 0.05) is 24.2 Å². The second-order valence-electron chi connectivity index (χ2n) is 8.02. The van der Waals surface area contributed by atoms with Gasteiger partial charge in [-0.05, 0) is 56.2 Å². The third-order valence-corrected chi connectivity index (χ3v) is 6.41. The van der Waals surface area contributed by atoms with Crippen LogP contribution >= 0.6 is 0 Å². The van der Waals surface area contributed by atoms with E-state index in [4.69, 9.17) is 10.7 Å². The zero-order valence-corrected chi connectivity index (χ0v) is 16.6. The molecule has 2 aromatic rings. The Kier molecular flexibility index (Phi) is 5.04. The Labute approximate surface area is 162 Å².